The second-order valence-corrected chi connectivity index (χ2v) is 5.69. The van der Waals surface area contributed by atoms with Crippen LogP contribution in [0.2, 0.25) is 4.34 Å². The van der Waals surface area contributed by atoms with Crippen molar-refractivity contribution in [1.29, 1.82) is 5.41 Å². The van der Waals surface area contributed by atoms with E-state index in [-0.39, 0.29) is 0 Å². The average Bonchev–Trinajstić information content (AvgIpc) is 2.84. The van der Waals surface area contributed by atoms with Crippen molar-refractivity contribution in [3.8, 4) is 10.6 Å². The van der Waals surface area contributed by atoms with Gasteiger partial charge in [0.05, 0.1) is 32.1 Å². The van der Waals surface area contributed by atoms with E-state index in [2.05, 4.69) is 9.97 Å². The second-order valence-electron chi connectivity index (χ2n) is 3.97. The van der Waals surface area contributed by atoms with Crippen molar-refractivity contribution in [2.45, 2.75) is 0 Å². The predicted molar refractivity (Wildman–Crippen MR) is 80.2 cm³/mol. The number of nitrogens with one attached hydrogen (secondary N) is 1. The van der Waals surface area contributed by atoms with E-state index in [0.717, 1.165) is 20.4 Å². The normalized spacial score (nSPS) is 10.8. The van der Waals surface area contributed by atoms with Crippen LogP contribution in [-0.2, 0) is 0 Å². The molecule has 0 aliphatic rings. The minimum atomic E-state index is 0.526. The molecular formula is C13H9ClN4S. The standard InChI is InChI=1S/C13H9ClN4S/c14-13-2-1-12(19-13)11-6-17-9-3-7(5-15)8(16)4-10(9)18-11/h1-6,15H,16H2. The first-order valence-corrected chi connectivity index (χ1v) is 6.69. The lowest BCUT2D eigenvalue weighted by Crippen LogP contribution is -1.95. The topological polar surface area (TPSA) is 75.7 Å². The third kappa shape index (κ3) is 2.18. The first-order chi connectivity index (χ1) is 9.17. The molecule has 2 aromatic heterocycles. The fourth-order valence-electron chi connectivity index (χ4n) is 1.79. The zero-order valence-electron chi connectivity index (χ0n) is 9.72. The third-order valence-electron chi connectivity index (χ3n) is 2.73. The van der Waals surface area contributed by atoms with Gasteiger partial charge >= 0.3 is 0 Å². The molecule has 0 aliphatic carbocycles. The van der Waals surface area contributed by atoms with Gasteiger partial charge in [-0.1, -0.05) is 11.6 Å². The monoisotopic (exact) mass is 288 g/mol. The van der Waals surface area contributed by atoms with Gasteiger partial charge < -0.3 is 11.1 Å². The molecule has 3 rings (SSSR count). The fraction of sp³-hybridized carbons (Fsp3) is 0. The van der Waals surface area contributed by atoms with Gasteiger partial charge in [-0.3, -0.25) is 4.98 Å². The number of anilines is 1. The van der Waals surface area contributed by atoms with Crippen LogP contribution in [0.1, 0.15) is 5.56 Å². The van der Waals surface area contributed by atoms with Crippen LogP contribution in [0.15, 0.2) is 30.5 Å². The van der Waals surface area contributed by atoms with Crippen LogP contribution in [0.4, 0.5) is 5.69 Å². The summed E-state index contributed by atoms with van der Waals surface area (Å²) in [5.41, 5.74) is 9.23. The Labute approximate surface area is 118 Å². The molecule has 2 heterocycles. The summed E-state index contributed by atoms with van der Waals surface area (Å²) >= 11 is 7.38. The minimum absolute atomic E-state index is 0.526. The van der Waals surface area contributed by atoms with Crippen LogP contribution in [0.5, 0.6) is 0 Å². The Morgan fingerprint density at radius 1 is 1.26 bits per heavy atom. The molecule has 0 aliphatic heterocycles. The van der Waals surface area contributed by atoms with Crippen LogP contribution in [0, 0.1) is 5.41 Å². The van der Waals surface area contributed by atoms with E-state index >= 15 is 0 Å². The summed E-state index contributed by atoms with van der Waals surface area (Å²) in [6.07, 6.45) is 2.91. The maximum absolute atomic E-state index is 7.27. The maximum atomic E-state index is 7.27. The predicted octanol–water partition coefficient (Wildman–Crippen LogP) is 3.59. The van der Waals surface area contributed by atoms with E-state index in [1.807, 2.05) is 12.1 Å². The highest BCUT2D eigenvalue weighted by atomic mass is 35.5. The van der Waals surface area contributed by atoms with Gasteiger partial charge in [0.2, 0.25) is 0 Å². The van der Waals surface area contributed by atoms with Gasteiger partial charge in [0.25, 0.3) is 0 Å². The van der Waals surface area contributed by atoms with Gasteiger partial charge in [0.15, 0.2) is 0 Å². The smallest absolute Gasteiger partial charge is 0.0993 e. The Bertz CT molecular complexity index is 781. The van der Waals surface area contributed by atoms with Gasteiger partial charge in [-0.25, -0.2) is 4.98 Å². The van der Waals surface area contributed by atoms with Crippen LogP contribution in [-0.4, -0.2) is 16.2 Å². The number of thiophene rings is 1. The van der Waals surface area contributed by atoms with E-state index in [4.69, 9.17) is 22.7 Å². The summed E-state index contributed by atoms with van der Waals surface area (Å²) in [7, 11) is 0. The number of hydrogen-bond donors (Lipinski definition) is 2. The molecule has 1 aromatic carbocycles. The van der Waals surface area contributed by atoms with Crippen molar-refractivity contribution < 1.29 is 0 Å². The molecule has 0 amide bonds. The molecule has 0 fully saturated rings. The Hall–Kier alpha value is -1.98. The number of nitrogens with two attached hydrogens (primary N) is 1. The molecule has 0 bridgehead atoms. The number of hydrogen-bond acceptors (Lipinski definition) is 5. The van der Waals surface area contributed by atoms with Gasteiger partial charge in [0, 0.05) is 17.5 Å². The lowest BCUT2D eigenvalue weighted by molar-refractivity contribution is 1.30. The van der Waals surface area contributed by atoms with Gasteiger partial charge in [0.1, 0.15) is 0 Å². The summed E-state index contributed by atoms with van der Waals surface area (Å²) < 4.78 is 0.718. The molecule has 4 nitrogen and oxygen atoms in total. The van der Waals surface area contributed by atoms with E-state index in [1.165, 1.54) is 17.6 Å². The summed E-state index contributed by atoms with van der Waals surface area (Å²) in [6.45, 7) is 0. The summed E-state index contributed by atoms with van der Waals surface area (Å²) in [5.74, 6) is 0. The molecule has 3 N–H and O–H groups in total. The number of nitrogen functional groups attached to an aromatic ring is 1. The zero-order chi connectivity index (χ0) is 13.4. The SMILES string of the molecule is N=Cc1cc2ncc(-c3ccc(Cl)s3)nc2cc1N. The maximum Gasteiger partial charge on any atom is 0.0993 e. The largest absolute Gasteiger partial charge is 0.398 e. The molecule has 3 aromatic rings. The lowest BCUT2D eigenvalue weighted by Gasteiger charge is -2.04. The minimum Gasteiger partial charge on any atom is -0.398 e. The zero-order valence-corrected chi connectivity index (χ0v) is 11.3. The summed E-state index contributed by atoms with van der Waals surface area (Å²) in [4.78, 5) is 9.85. The molecule has 0 saturated heterocycles. The van der Waals surface area contributed by atoms with Crippen LogP contribution >= 0.6 is 22.9 Å². The number of nitrogens with zero attached hydrogens (tertiary/aromatic N) is 2. The van der Waals surface area contributed by atoms with E-state index in [9.17, 15) is 0 Å². The number of aromatic nitrogens is 2. The van der Waals surface area contributed by atoms with Crippen molar-refractivity contribution in [3.63, 3.8) is 0 Å². The Kier molecular flexibility index (Phi) is 2.93. The molecule has 0 saturated carbocycles. The highest BCUT2D eigenvalue weighted by molar-refractivity contribution is 7.19. The fourth-order valence-corrected chi connectivity index (χ4v) is 2.78. The van der Waals surface area contributed by atoms with E-state index in [0.29, 0.717) is 16.8 Å². The van der Waals surface area contributed by atoms with E-state index in [1.54, 1.807) is 18.3 Å². The molecular weight excluding hydrogens is 280 g/mol. The molecule has 0 unspecified atom stereocenters. The van der Waals surface area contributed by atoms with Crippen LogP contribution in [0.3, 0.4) is 0 Å². The van der Waals surface area contributed by atoms with Crippen molar-refractivity contribution >= 4 is 45.9 Å². The average molecular weight is 289 g/mol. The molecule has 0 atom stereocenters. The molecule has 19 heavy (non-hydrogen) atoms. The lowest BCUT2D eigenvalue weighted by atomic mass is 10.1. The quantitative estimate of drug-likeness (QED) is 0.559. The number of halogens is 1. The highest BCUT2D eigenvalue weighted by Crippen LogP contribution is 2.30. The number of benzene rings is 1. The Morgan fingerprint density at radius 2 is 2.11 bits per heavy atom. The van der Waals surface area contributed by atoms with Crippen molar-refractivity contribution in [2.75, 3.05) is 5.73 Å². The van der Waals surface area contributed by atoms with Gasteiger partial charge in [-0.05, 0) is 24.3 Å². The first-order valence-electron chi connectivity index (χ1n) is 5.50. The van der Waals surface area contributed by atoms with Crippen LogP contribution < -0.4 is 5.73 Å². The number of rotatable bonds is 2. The van der Waals surface area contributed by atoms with Gasteiger partial charge in [-0.2, -0.15) is 0 Å². The molecule has 0 spiro atoms. The third-order valence-corrected chi connectivity index (χ3v) is 3.98. The molecule has 0 radical (unpaired) electrons. The van der Waals surface area contributed by atoms with Gasteiger partial charge in [-0.15, -0.1) is 11.3 Å². The number of fused-ring (bicyclic) bond motifs is 1. The summed E-state index contributed by atoms with van der Waals surface area (Å²) in [5, 5.41) is 7.27. The molecule has 6 heteroatoms. The Balaban J connectivity index is 2.18. The first kappa shape index (κ1) is 12.1. The highest BCUT2D eigenvalue weighted by Gasteiger charge is 2.07. The summed E-state index contributed by atoms with van der Waals surface area (Å²) in [6, 6.07) is 7.25. The van der Waals surface area contributed by atoms with Crippen molar-refractivity contribution in [2.24, 2.45) is 0 Å². The van der Waals surface area contributed by atoms with E-state index < -0.39 is 0 Å². The second kappa shape index (κ2) is 4.60. The molecule has 94 valence electrons. The van der Waals surface area contributed by atoms with Crippen molar-refractivity contribution in [3.05, 3.63) is 40.4 Å². The van der Waals surface area contributed by atoms with Crippen molar-refractivity contribution in [1.82, 2.24) is 9.97 Å². The Morgan fingerprint density at radius 3 is 2.79 bits per heavy atom. The van der Waals surface area contributed by atoms with Crippen LogP contribution in [0.25, 0.3) is 21.6 Å².